The molecule has 0 atom stereocenters. The Labute approximate surface area is 90.2 Å². The summed E-state index contributed by atoms with van der Waals surface area (Å²) >= 11 is 0. The Morgan fingerprint density at radius 2 is 1.94 bits per heavy atom. The molecular weight excluding hydrogens is 210 g/mol. The molecule has 0 saturated heterocycles. The number of hydrogen-bond acceptors (Lipinski definition) is 3. The molecule has 1 aromatic carbocycles. The number of hydrogen-bond donors (Lipinski definition) is 2. The maximum Gasteiger partial charge on any atom is 0.340 e. The molecule has 0 unspecified atom stereocenters. The van der Waals surface area contributed by atoms with Gasteiger partial charge in [0.1, 0.15) is 5.56 Å². The number of carbonyl (C=O) groups is 1. The number of carboxylic acid groups (broad SMARTS) is 1. The molecule has 0 aliphatic rings. The summed E-state index contributed by atoms with van der Waals surface area (Å²) in [6.45, 7) is 0. The van der Waals surface area contributed by atoms with Gasteiger partial charge in [-0.3, -0.25) is 4.79 Å². The Bertz CT molecular complexity index is 642. The van der Waals surface area contributed by atoms with E-state index in [2.05, 4.69) is 0 Å². The maximum absolute atomic E-state index is 11.6. The van der Waals surface area contributed by atoms with Crippen LogP contribution in [-0.2, 0) is 7.05 Å². The zero-order valence-electron chi connectivity index (χ0n) is 8.47. The Balaban J connectivity index is 3.10. The minimum atomic E-state index is -1.31. The van der Waals surface area contributed by atoms with Crippen LogP contribution in [0.5, 0.6) is 5.75 Å². The molecule has 0 aliphatic carbocycles. The first-order chi connectivity index (χ1) is 7.54. The van der Waals surface area contributed by atoms with E-state index in [1.807, 2.05) is 0 Å². The predicted octanol–water partition coefficient (Wildman–Crippen LogP) is 0.942. The third kappa shape index (κ3) is 1.25. The molecule has 0 amide bonds. The van der Waals surface area contributed by atoms with E-state index in [0.717, 1.165) is 0 Å². The highest BCUT2D eigenvalue weighted by molar-refractivity contribution is 6.04. The summed E-state index contributed by atoms with van der Waals surface area (Å²) in [7, 11) is 1.48. The second-order valence-corrected chi connectivity index (χ2v) is 3.41. The number of benzene rings is 1. The topological polar surface area (TPSA) is 79.5 Å². The average molecular weight is 219 g/mol. The summed E-state index contributed by atoms with van der Waals surface area (Å²) in [6, 6.07) is 6.53. The van der Waals surface area contributed by atoms with Crippen molar-refractivity contribution in [2.24, 2.45) is 7.05 Å². The summed E-state index contributed by atoms with van der Waals surface area (Å²) in [5.41, 5.74) is -0.586. The van der Waals surface area contributed by atoms with E-state index in [9.17, 15) is 14.7 Å². The number of para-hydroxylation sites is 1. The Morgan fingerprint density at radius 1 is 1.31 bits per heavy atom. The van der Waals surface area contributed by atoms with Crippen LogP contribution in [-0.4, -0.2) is 20.7 Å². The van der Waals surface area contributed by atoms with E-state index in [0.29, 0.717) is 10.9 Å². The lowest BCUT2D eigenvalue weighted by Gasteiger charge is -2.08. The van der Waals surface area contributed by atoms with Crippen molar-refractivity contribution < 1.29 is 15.0 Å². The average Bonchev–Trinajstić information content (AvgIpc) is 2.26. The quantitative estimate of drug-likeness (QED) is 0.748. The molecule has 5 nitrogen and oxygen atoms in total. The molecular formula is C11H9NO4. The van der Waals surface area contributed by atoms with Gasteiger partial charge >= 0.3 is 5.97 Å². The first-order valence-corrected chi connectivity index (χ1v) is 4.58. The number of aryl methyl sites for hydroxylation is 1. The van der Waals surface area contributed by atoms with Crippen LogP contribution in [0.15, 0.2) is 29.1 Å². The molecule has 0 bridgehead atoms. The molecule has 0 radical (unpaired) electrons. The normalized spacial score (nSPS) is 10.6. The maximum atomic E-state index is 11.6. The van der Waals surface area contributed by atoms with E-state index >= 15 is 0 Å². The van der Waals surface area contributed by atoms with Gasteiger partial charge in [-0.25, -0.2) is 4.79 Å². The number of nitrogens with zero attached hydrogens (tertiary/aromatic N) is 1. The van der Waals surface area contributed by atoms with Gasteiger partial charge in [-0.1, -0.05) is 18.2 Å². The highest BCUT2D eigenvalue weighted by Gasteiger charge is 2.19. The van der Waals surface area contributed by atoms with E-state index in [1.54, 1.807) is 24.3 Å². The molecule has 0 fully saturated rings. The van der Waals surface area contributed by atoms with Crippen molar-refractivity contribution >= 4 is 16.9 Å². The van der Waals surface area contributed by atoms with Crippen LogP contribution in [0.1, 0.15) is 10.4 Å². The Morgan fingerprint density at radius 3 is 2.56 bits per heavy atom. The minimum absolute atomic E-state index is 0.342. The lowest BCUT2D eigenvalue weighted by Crippen LogP contribution is -2.19. The monoisotopic (exact) mass is 219 g/mol. The summed E-state index contributed by atoms with van der Waals surface area (Å²) in [5, 5.41) is 18.8. The van der Waals surface area contributed by atoms with Crippen molar-refractivity contribution in [3.8, 4) is 5.75 Å². The van der Waals surface area contributed by atoms with Gasteiger partial charge in [-0.05, 0) is 6.07 Å². The fourth-order valence-corrected chi connectivity index (χ4v) is 1.70. The lowest BCUT2D eigenvalue weighted by molar-refractivity contribution is 0.0695. The predicted molar refractivity (Wildman–Crippen MR) is 57.8 cm³/mol. The van der Waals surface area contributed by atoms with E-state index in [1.165, 1.54) is 11.6 Å². The van der Waals surface area contributed by atoms with Gasteiger partial charge in [-0.15, -0.1) is 0 Å². The van der Waals surface area contributed by atoms with Crippen LogP contribution in [0, 0.1) is 0 Å². The Kier molecular flexibility index (Phi) is 2.16. The zero-order valence-corrected chi connectivity index (χ0v) is 8.47. The summed E-state index contributed by atoms with van der Waals surface area (Å²) in [5.74, 6) is -2.04. The van der Waals surface area contributed by atoms with Gasteiger partial charge in [0.2, 0.25) is 0 Å². The number of carboxylic acids is 1. The highest BCUT2D eigenvalue weighted by Crippen LogP contribution is 2.22. The fourth-order valence-electron chi connectivity index (χ4n) is 1.70. The second-order valence-electron chi connectivity index (χ2n) is 3.41. The molecule has 2 rings (SSSR count). The van der Waals surface area contributed by atoms with Crippen molar-refractivity contribution in [3.05, 3.63) is 40.2 Å². The lowest BCUT2D eigenvalue weighted by atomic mass is 10.1. The van der Waals surface area contributed by atoms with Crippen molar-refractivity contribution in [2.75, 3.05) is 0 Å². The number of aromatic hydroxyl groups is 1. The summed E-state index contributed by atoms with van der Waals surface area (Å²) < 4.78 is 1.22. The first-order valence-electron chi connectivity index (χ1n) is 4.58. The van der Waals surface area contributed by atoms with Gasteiger partial charge in [0.25, 0.3) is 5.56 Å². The minimum Gasteiger partial charge on any atom is -0.502 e. The van der Waals surface area contributed by atoms with Crippen molar-refractivity contribution in [1.29, 1.82) is 0 Å². The van der Waals surface area contributed by atoms with Crippen LogP contribution >= 0.6 is 0 Å². The van der Waals surface area contributed by atoms with Gasteiger partial charge in [0.15, 0.2) is 5.75 Å². The van der Waals surface area contributed by atoms with Crippen molar-refractivity contribution in [1.82, 2.24) is 4.57 Å². The number of aromatic nitrogens is 1. The number of aromatic carboxylic acids is 1. The third-order valence-corrected chi connectivity index (χ3v) is 2.49. The molecule has 1 heterocycles. The third-order valence-electron chi connectivity index (χ3n) is 2.49. The van der Waals surface area contributed by atoms with Crippen LogP contribution in [0.25, 0.3) is 10.9 Å². The standard InChI is InChI=1S/C11H9NO4/c1-12-7-5-3-2-4-6(7)8(11(15)16)9(13)10(12)14/h2-5,13H,1H3,(H,15,16). The molecule has 1 aromatic heterocycles. The molecule has 5 heteroatoms. The molecule has 2 N–H and O–H groups in total. The smallest absolute Gasteiger partial charge is 0.340 e. The van der Waals surface area contributed by atoms with Crippen LogP contribution in [0.3, 0.4) is 0 Å². The SMILES string of the molecule is Cn1c(=O)c(O)c(C(=O)O)c2ccccc21. The number of fused-ring (bicyclic) bond motifs is 1. The largest absolute Gasteiger partial charge is 0.502 e. The first kappa shape index (κ1) is 10.2. The molecule has 16 heavy (non-hydrogen) atoms. The molecule has 0 saturated carbocycles. The Hall–Kier alpha value is -2.30. The van der Waals surface area contributed by atoms with E-state index in [-0.39, 0.29) is 5.56 Å². The van der Waals surface area contributed by atoms with Gasteiger partial charge in [0.05, 0.1) is 5.52 Å². The van der Waals surface area contributed by atoms with Gasteiger partial charge in [-0.2, -0.15) is 0 Å². The highest BCUT2D eigenvalue weighted by atomic mass is 16.4. The van der Waals surface area contributed by atoms with E-state index in [4.69, 9.17) is 5.11 Å². The van der Waals surface area contributed by atoms with Crippen molar-refractivity contribution in [3.63, 3.8) is 0 Å². The van der Waals surface area contributed by atoms with Crippen molar-refractivity contribution in [2.45, 2.75) is 0 Å². The van der Waals surface area contributed by atoms with E-state index < -0.39 is 17.3 Å². The zero-order chi connectivity index (χ0) is 11.9. The van der Waals surface area contributed by atoms with Crippen LogP contribution in [0.2, 0.25) is 0 Å². The molecule has 0 spiro atoms. The molecule has 82 valence electrons. The molecule has 2 aromatic rings. The number of pyridine rings is 1. The second kappa shape index (κ2) is 3.37. The fraction of sp³-hybridized carbons (Fsp3) is 0.0909. The van der Waals surface area contributed by atoms with Crippen LogP contribution in [0.4, 0.5) is 0 Å². The summed E-state index contributed by atoms with van der Waals surface area (Å²) in [4.78, 5) is 22.5. The molecule has 0 aliphatic heterocycles. The number of rotatable bonds is 1. The van der Waals surface area contributed by atoms with Gasteiger partial charge < -0.3 is 14.8 Å². The van der Waals surface area contributed by atoms with Crippen LogP contribution < -0.4 is 5.56 Å². The van der Waals surface area contributed by atoms with Gasteiger partial charge in [0, 0.05) is 12.4 Å². The summed E-state index contributed by atoms with van der Waals surface area (Å²) in [6.07, 6.45) is 0.